The van der Waals surface area contributed by atoms with Gasteiger partial charge in [0.05, 0.1) is 6.10 Å². The van der Waals surface area contributed by atoms with Crippen molar-refractivity contribution in [2.45, 2.75) is 46.3 Å². The van der Waals surface area contributed by atoms with Gasteiger partial charge in [-0.3, -0.25) is 4.79 Å². The first-order valence-electron chi connectivity index (χ1n) is 6.76. The summed E-state index contributed by atoms with van der Waals surface area (Å²) >= 11 is 0. The predicted octanol–water partition coefficient (Wildman–Crippen LogP) is 1.54. The number of ether oxygens (including phenoxy) is 1. The smallest absolute Gasteiger partial charge is 0.225 e. The Bertz CT molecular complexity index is 431. The van der Waals surface area contributed by atoms with E-state index in [1.54, 1.807) is 6.92 Å². The maximum Gasteiger partial charge on any atom is 0.225 e. The number of likely N-dealkylation sites (tertiary alicyclic amines) is 1. The molecular formula is C13H21N3O3. The molecule has 1 atom stereocenters. The van der Waals surface area contributed by atoms with E-state index in [1.807, 2.05) is 18.7 Å². The van der Waals surface area contributed by atoms with Gasteiger partial charge in [0.2, 0.25) is 11.8 Å². The molecule has 0 aliphatic carbocycles. The average molecular weight is 267 g/mol. The molecule has 1 fully saturated rings. The van der Waals surface area contributed by atoms with Crippen molar-refractivity contribution in [2.24, 2.45) is 5.92 Å². The quantitative estimate of drug-likeness (QED) is 0.827. The Morgan fingerprint density at radius 1 is 1.58 bits per heavy atom. The molecule has 1 unspecified atom stereocenters. The van der Waals surface area contributed by atoms with Crippen molar-refractivity contribution in [1.82, 2.24) is 15.0 Å². The van der Waals surface area contributed by atoms with Crippen molar-refractivity contribution < 1.29 is 14.1 Å². The number of rotatable bonds is 4. The molecule has 19 heavy (non-hydrogen) atoms. The molecule has 6 nitrogen and oxygen atoms in total. The molecule has 0 N–H and O–H groups in total. The van der Waals surface area contributed by atoms with E-state index in [-0.39, 0.29) is 17.9 Å². The molecule has 0 radical (unpaired) electrons. The van der Waals surface area contributed by atoms with Crippen molar-refractivity contribution in [1.29, 1.82) is 0 Å². The summed E-state index contributed by atoms with van der Waals surface area (Å²) in [7, 11) is 0. The van der Waals surface area contributed by atoms with E-state index >= 15 is 0 Å². The molecule has 1 saturated heterocycles. The predicted molar refractivity (Wildman–Crippen MR) is 68.3 cm³/mol. The van der Waals surface area contributed by atoms with Crippen molar-refractivity contribution in [3.63, 3.8) is 0 Å². The number of hydrogen-bond acceptors (Lipinski definition) is 5. The lowest BCUT2D eigenvalue weighted by Gasteiger charge is -2.33. The summed E-state index contributed by atoms with van der Waals surface area (Å²) in [4.78, 5) is 17.9. The molecule has 6 heteroatoms. The van der Waals surface area contributed by atoms with Crippen LogP contribution in [0.25, 0.3) is 0 Å². The minimum Gasteiger partial charge on any atom is -0.368 e. The zero-order valence-corrected chi connectivity index (χ0v) is 11.8. The van der Waals surface area contributed by atoms with Gasteiger partial charge >= 0.3 is 0 Å². The van der Waals surface area contributed by atoms with E-state index in [4.69, 9.17) is 9.26 Å². The average Bonchev–Trinajstić information content (AvgIpc) is 2.81. The van der Waals surface area contributed by atoms with Crippen molar-refractivity contribution >= 4 is 5.91 Å². The van der Waals surface area contributed by atoms with Gasteiger partial charge in [-0.1, -0.05) is 19.0 Å². The molecule has 0 saturated carbocycles. The van der Waals surface area contributed by atoms with Gasteiger partial charge in [0.15, 0.2) is 5.82 Å². The van der Waals surface area contributed by atoms with Crippen molar-refractivity contribution in [2.75, 3.05) is 13.1 Å². The SMILES string of the molecule is Cc1nc(COC2CCCN(C(=O)C(C)C)C2)no1. The molecule has 1 aromatic rings. The van der Waals surface area contributed by atoms with Crippen LogP contribution in [0.4, 0.5) is 0 Å². The third-order valence-electron chi connectivity index (χ3n) is 3.20. The number of piperidine rings is 1. The van der Waals surface area contributed by atoms with E-state index in [2.05, 4.69) is 10.1 Å². The Labute approximate surface area is 113 Å². The van der Waals surface area contributed by atoms with Crippen LogP contribution in [0.2, 0.25) is 0 Å². The van der Waals surface area contributed by atoms with Gasteiger partial charge in [-0.25, -0.2) is 0 Å². The summed E-state index contributed by atoms with van der Waals surface area (Å²) < 4.78 is 10.7. The van der Waals surface area contributed by atoms with E-state index in [0.717, 1.165) is 19.4 Å². The molecule has 1 amide bonds. The maximum atomic E-state index is 12.0. The highest BCUT2D eigenvalue weighted by molar-refractivity contribution is 5.78. The Balaban J connectivity index is 1.82. The number of carbonyl (C=O) groups is 1. The zero-order valence-electron chi connectivity index (χ0n) is 11.8. The van der Waals surface area contributed by atoms with Crippen LogP contribution in [0.3, 0.4) is 0 Å². The molecule has 2 heterocycles. The van der Waals surface area contributed by atoms with Crippen LogP contribution in [0.5, 0.6) is 0 Å². The minimum atomic E-state index is 0.0404. The lowest BCUT2D eigenvalue weighted by atomic mass is 10.1. The maximum absolute atomic E-state index is 12.0. The Morgan fingerprint density at radius 2 is 2.37 bits per heavy atom. The molecule has 0 spiro atoms. The van der Waals surface area contributed by atoms with Crippen LogP contribution in [-0.2, 0) is 16.1 Å². The van der Waals surface area contributed by atoms with Crippen LogP contribution in [0.15, 0.2) is 4.52 Å². The van der Waals surface area contributed by atoms with Gasteiger partial charge in [-0.15, -0.1) is 0 Å². The molecule has 1 aromatic heterocycles. The van der Waals surface area contributed by atoms with Gasteiger partial charge in [-0.2, -0.15) is 4.98 Å². The molecule has 0 aromatic carbocycles. The van der Waals surface area contributed by atoms with Crippen molar-refractivity contribution in [3.05, 3.63) is 11.7 Å². The van der Waals surface area contributed by atoms with Crippen LogP contribution in [0.1, 0.15) is 38.4 Å². The second-order valence-corrected chi connectivity index (χ2v) is 5.24. The monoisotopic (exact) mass is 267 g/mol. The van der Waals surface area contributed by atoms with E-state index in [1.165, 1.54) is 0 Å². The third-order valence-corrected chi connectivity index (χ3v) is 3.20. The molecule has 2 rings (SSSR count). The summed E-state index contributed by atoms with van der Waals surface area (Å²) in [5, 5.41) is 3.79. The molecule has 106 valence electrons. The minimum absolute atomic E-state index is 0.0404. The highest BCUT2D eigenvalue weighted by Gasteiger charge is 2.25. The number of aryl methyl sites for hydroxylation is 1. The summed E-state index contributed by atoms with van der Waals surface area (Å²) in [6, 6.07) is 0. The summed E-state index contributed by atoms with van der Waals surface area (Å²) in [6.07, 6.45) is 2.02. The van der Waals surface area contributed by atoms with Gasteiger partial charge in [0, 0.05) is 25.9 Å². The van der Waals surface area contributed by atoms with Crippen LogP contribution in [0, 0.1) is 12.8 Å². The van der Waals surface area contributed by atoms with Crippen molar-refractivity contribution in [3.8, 4) is 0 Å². The fourth-order valence-corrected chi connectivity index (χ4v) is 2.23. The van der Waals surface area contributed by atoms with Crippen LogP contribution in [-0.4, -0.2) is 40.1 Å². The zero-order chi connectivity index (χ0) is 13.8. The second-order valence-electron chi connectivity index (χ2n) is 5.24. The first kappa shape index (κ1) is 14.0. The van der Waals surface area contributed by atoms with E-state index < -0.39 is 0 Å². The normalized spacial score (nSPS) is 20.0. The molecule has 0 bridgehead atoms. The number of hydrogen-bond donors (Lipinski definition) is 0. The Kier molecular flexibility index (Phi) is 4.52. The first-order chi connectivity index (χ1) is 9.06. The van der Waals surface area contributed by atoms with Crippen LogP contribution >= 0.6 is 0 Å². The lowest BCUT2D eigenvalue weighted by molar-refractivity contribution is -0.138. The lowest BCUT2D eigenvalue weighted by Crippen LogP contribution is -2.44. The highest BCUT2D eigenvalue weighted by atomic mass is 16.5. The fourth-order valence-electron chi connectivity index (χ4n) is 2.23. The van der Waals surface area contributed by atoms with Gasteiger partial charge in [-0.05, 0) is 12.8 Å². The second kappa shape index (κ2) is 6.14. The molecule has 1 aliphatic heterocycles. The number of nitrogens with zero attached hydrogens (tertiary/aromatic N) is 3. The van der Waals surface area contributed by atoms with Gasteiger partial charge in [0.1, 0.15) is 6.61 Å². The highest BCUT2D eigenvalue weighted by Crippen LogP contribution is 2.16. The topological polar surface area (TPSA) is 68.5 Å². The van der Waals surface area contributed by atoms with E-state index in [9.17, 15) is 4.79 Å². The molecule has 1 aliphatic rings. The van der Waals surface area contributed by atoms with Gasteiger partial charge in [0.25, 0.3) is 0 Å². The Hall–Kier alpha value is -1.43. The van der Waals surface area contributed by atoms with Gasteiger partial charge < -0.3 is 14.2 Å². The summed E-state index contributed by atoms with van der Waals surface area (Å²) in [5.74, 6) is 1.34. The third kappa shape index (κ3) is 3.76. The summed E-state index contributed by atoms with van der Waals surface area (Å²) in [5.41, 5.74) is 0. The number of aromatic nitrogens is 2. The summed E-state index contributed by atoms with van der Waals surface area (Å²) in [6.45, 7) is 7.43. The first-order valence-corrected chi connectivity index (χ1v) is 6.76. The number of amides is 1. The largest absolute Gasteiger partial charge is 0.368 e. The Morgan fingerprint density at radius 3 is 3.00 bits per heavy atom. The standard InChI is InChI=1S/C13H21N3O3/c1-9(2)13(17)16-6-4-5-11(7-16)18-8-12-14-10(3)19-15-12/h9,11H,4-8H2,1-3H3. The number of carbonyl (C=O) groups excluding carboxylic acids is 1. The fraction of sp³-hybridized carbons (Fsp3) is 0.769. The van der Waals surface area contributed by atoms with E-state index in [0.29, 0.717) is 24.9 Å². The van der Waals surface area contributed by atoms with Crippen LogP contribution < -0.4 is 0 Å². The molecular weight excluding hydrogens is 246 g/mol.